The molecule has 0 radical (unpaired) electrons. The molecule has 0 atom stereocenters. The lowest BCUT2D eigenvalue weighted by Gasteiger charge is -1.98. The molecule has 0 saturated carbocycles. The average Bonchev–Trinajstić information content (AvgIpc) is 1.80. The molecule has 9 heavy (non-hydrogen) atoms. The predicted molar refractivity (Wildman–Crippen MR) is 39.5 cm³/mol. The smallest absolute Gasteiger partial charge is 0.0817 e. The van der Waals surface area contributed by atoms with Crippen LogP contribution < -0.4 is 5.73 Å². The fourth-order valence-corrected chi connectivity index (χ4v) is 0.445. The van der Waals surface area contributed by atoms with Gasteiger partial charge in [-0.15, -0.1) is 0 Å². The van der Waals surface area contributed by atoms with Crippen LogP contribution in [0.25, 0.3) is 0 Å². The van der Waals surface area contributed by atoms with Crippen molar-refractivity contribution in [2.45, 2.75) is 6.42 Å². The lowest BCUT2D eigenvalue weighted by atomic mass is 10.5. The standard InChI is InChI=1S/C6H12ClNO/c1-6(7)5-9-4-2-3-8/h1-5,8H2. The summed E-state index contributed by atoms with van der Waals surface area (Å²) < 4.78 is 5.02. The van der Waals surface area contributed by atoms with Crippen LogP contribution in [0.2, 0.25) is 0 Å². The molecule has 0 aromatic carbocycles. The monoisotopic (exact) mass is 149 g/mol. The zero-order valence-corrected chi connectivity index (χ0v) is 6.16. The molecule has 2 N–H and O–H groups in total. The van der Waals surface area contributed by atoms with E-state index < -0.39 is 0 Å². The van der Waals surface area contributed by atoms with E-state index in [0.29, 0.717) is 24.8 Å². The highest BCUT2D eigenvalue weighted by molar-refractivity contribution is 6.29. The zero-order chi connectivity index (χ0) is 7.11. The summed E-state index contributed by atoms with van der Waals surface area (Å²) in [6, 6.07) is 0. The van der Waals surface area contributed by atoms with E-state index in [1.165, 1.54) is 0 Å². The predicted octanol–water partition coefficient (Wildman–Crippen LogP) is 1.10. The van der Waals surface area contributed by atoms with E-state index in [2.05, 4.69) is 6.58 Å². The van der Waals surface area contributed by atoms with Crippen molar-refractivity contribution in [1.82, 2.24) is 0 Å². The third kappa shape index (κ3) is 7.95. The van der Waals surface area contributed by atoms with E-state index >= 15 is 0 Å². The van der Waals surface area contributed by atoms with Crippen LogP contribution in [0, 0.1) is 0 Å². The molecule has 0 aromatic rings. The molecule has 0 saturated heterocycles. The zero-order valence-electron chi connectivity index (χ0n) is 5.40. The molecule has 3 heteroatoms. The van der Waals surface area contributed by atoms with Gasteiger partial charge in [-0.05, 0) is 13.0 Å². The summed E-state index contributed by atoms with van der Waals surface area (Å²) in [4.78, 5) is 0. The van der Waals surface area contributed by atoms with Crippen LogP contribution >= 0.6 is 11.6 Å². The molecule has 0 rings (SSSR count). The number of hydrogen-bond acceptors (Lipinski definition) is 2. The first kappa shape index (κ1) is 8.95. The van der Waals surface area contributed by atoms with Gasteiger partial charge in [-0.3, -0.25) is 0 Å². The highest BCUT2D eigenvalue weighted by atomic mass is 35.5. The Morgan fingerprint density at radius 1 is 1.67 bits per heavy atom. The van der Waals surface area contributed by atoms with Gasteiger partial charge in [0.25, 0.3) is 0 Å². The van der Waals surface area contributed by atoms with Crippen molar-refractivity contribution >= 4 is 11.6 Å². The Hall–Kier alpha value is -0.0500. The number of nitrogens with two attached hydrogens (primary N) is 1. The van der Waals surface area contributed by atoms with Crippen LogP contribution in [0.5, 0.6) is 0 Å². The fourth-order valence-electron chi connectivity index (χ4n) is 0.368. The topological polar surface area (TPSA) is 35.2 Å². The second kappa shape index (κ2) is 6.08. The Labute approximate surface area is 60.6 Å². The minimum atomic E-state index is 0.432. The lowest BCUT2D eigenvalue weighted by Crippen LogP contribution is -2.04. The van der Waals surface area contributed by atoms with E-state index in [9.17, 15) is 0 Å². The Morgan fingerprint density at radius 3 is 2.78 bits per heavy atom. The van der Waals surface area contributed by atoms with Gasteiger partial charge in [-0.25, -0.2) is 0 Å². The van der Waals surface area contributed by atoms with Gasteiger partial charge in [-0.2, -0.15) is 0 Å². The molecule has 0 heterocycles. The quantitative estimate of drug-likeness (QED) is 0.595. The molecule has 2 nitrogen and oxygen atoms in total. The molecule has 0 unspecified atom stereocenters. The first-order valence-corrected chi connectivity index (χ1v) is 3.26. The van der Waals surface area contributed by atoms with E-state index in [0.717, 1.165) is 6.42 Å². The first-order chi connectivity index (χ1) is 4.27. The summed E-state index contributed by atoms with van der Waals surface area (Å²) in [6.07, 6.45) is 0.879. The van der Waals surface area contributed by atoms with E-state index in [1.54, 1.807) is 0 Å². The second-order valence-corrected chi connectivity index (χ2v) is 2.25. The maximum absolute atomic E-state index is 5.41. The molecule has 54 valence electrons. The van der Waals surface area contributed by atoms with Gasteiger partial charge in [0.2, 0.25) is 0 Å². The summed E-state index contributed by atoms with van der Waals surface area (Å²) >= 11 is 5.41. The van der Waals surface area contributed by atoms with Crippen LogP contribution in [-0.4, -0.2) is 19.8 Å². The van der Waals surface area contributed by atoms with Crippen LogP contribution in [-0.2, 0) is 4.74 Å². The summed E-state index contributed by atoms with van der Waals surface area (Å²) in [7, 11) is 0. The highest BCUT2D eigenvalue weighted by Crippen LogP contribution is 1.96. The Balaban J connectivity index is 2.83. The van der Waals surface area contributed by atoms with Gasteiger partial charge in [0, 0.05) is 11.6 Å². The maximum Gasteiger partial charge on any atom is 0.0817 e. The fraction of sp³-hybridized carbons (Fsp3) is 0.667. The Kier molecular flexibility index (Phi) is 6.04. The van der Waals surface area contributed by atoms with Crippen LogP contribution in [0.1, 0.15) is 6.42 Å². The molecule has 0 aromatic heterocycles. The van der Waals surface area contributed by atoms with Gasteiger partial charge in [0.05, 0.1) is 6.61 Å². The summed E-state index contributed by atoms with van der Waals surface area (Å²) in [6.45, 7) is 5.22. The van der Waals surface area contributed by atoms with Crippen LogP contribution in [0.4, 0.5) is 0 Å². The number of halogens is 1. The molecule has 0 aliphatic carbocycles. The Morgan fingerprint density at radius 2 is 2.33 bits per heavy atom. The third-order valence-corrected chi connectivity index (χ3v) is 0.861. The van der Waals surface area contributed by atoms with Crippen molar-refractivity contribution in [3.63, 3.8) is 0 Å². The van der Waals surface area contributed by atoms with Crippen LogP contribution in [0.15, 0.2) is 11.6 Å². The van der Waals surface area contributed by atoms with Crippen molar-refractivity contribution in [2.75, 3.05) is 19.8 Å². The summed E-state index contributed by atoms with van der Waals surface area (Å²) in [5, 5.41) is 0.534. The molecule has 0 bridgehead atoms. The van der Waals surface area contributed by atoms with Gasteiger partial charge in [0.15, 0.2) is 0 Å². The van der Waals surface area contributed by atoms with Gasteiger partial charge in [-0.1, -0.05) is 18.2 Å². The molecule has 0 aliphatic heterocycles. The molecule has 0 aliphatic rings. The normalized spacial score (nSPS) is 9.56. The van der Waals surface area contributed by atoms with Gasteiger partial charge < -0.3 is 10.5 Å². The number of ether oxygens (including phenoxy) is 1. The van der Waals surface area contributed by atoms with Crippen LogP contribution in [0.3, 0.4) is 0 Å². The molecule has 0 fully saturated rings. The molecule has 0 amide bonds. The number of hydrogen-bond donors (Lipinski definition) is 1. The van der Waals surface area contributed by atoms with Gasteiger partial charge >= 0.3 is 0 Å². The summed E-state index contributed by atoms with van der Waals surface area (Å²) in [5.74, 6) is 0. The summed E-state index contributed by atoms with van der Waals surface area (Å²) in [5.41, 5.74) is 5.21. The third-order valence-electron chi connectivity index (χ3n) is 0.751. The molecular formula is C6H12ClNO. The minimum Gasteiger partial charge on any atom is -0.376 e. The van der Waals surface area contributed by atoms with Crippen molar-refractivity contribution < 1.29 is 4.74 Å². The van der Waals surface area contributed by atoms with Crippen molar-refractivity contribution in [2.24, 2.45) is 5.73 Å². The molecular weight excluding hydrogens is 138 g/mol. The second-order valence-electron chi connectivity index (χ2n) is 1.71. The largest absolute Gasteiger partial charge is 0.376 e. The minimum absolute atomic E-state index is 0.432. The van der Waals surface area contributed by atoms with Gasteiger partial charge in [0.1, 0.15) is 0 Å². The van der Waals surface area contributed by atoms with E-state index in [-0.39, 0.29) is 0 Å². The van der Waals surface area contributed by atoms with E-state index in [4.69, 9.17) is 22.1 Å². The molecule has 0 spiro atoms. The first-order valence-electron chi connectivity index (χ1n) is 2.88. The Bertz CT molecular complexity index is 85.1. The maximum atomic E-state index is 5.41. The van der Waals surface area contributed by atoms with Crippen molar-refractivity contribution in [3.05, 3.63) is 11.6 Å². The van der Waals surface area contributed by atoms with E-state index in [1.807, 2.05) is 0 Å². The number of rotatable bonds is 5. The van der Waals surface area contributed by atoms with Crippen molar-refractivity contribution in [3.8, 4) is 0 Å². The van der Waals surface area contributed by atoms with Crippen molar-refractivity contribution in [1.29, 1.82) is 0 Å². The lowest BCUT2D eigenvalue weighted by molar-refractivity contribution is 0.159. The average molecular weight is 150 g/mol. The highest BCUT2D eigenvalue weighted by Gasteiger charge is 1.87. The SMILES string of the molecule is C=C(Cl)COCCCN.